The van der Waals surface area contributed by atoms with Gasteiger partial charge in [-0.15, -0.1) is 0 Å². The van der Waals surface area contributed by atoms with Gasteiger partial charge in [0, 0.05) is 0 Å². The van der Waals surface area contributed by atoms with Crippen LogP contribution < -0.4 is 21.7 Å². The fraction of sp³-hybridized carbons (Fsp3) is 0.733. The van der Waals surface area contributed by atoms with Gasteiger partial charge in [-0.2, -0.15) is 0 Å². The maximum atomic E-state index is 11.2. The molecule has 0 aliphatic carbocycles. The van der Waals surface area contributed by atoms with Gasteiger partial charge < -0.3 is 36.6 Å². The Balaban J connectivity index is 0.000000485. The Morgan fingerprint density at radius 1 is 1.19 bits per heavy atom. The highest BCUT2D eigenvalue weighted by Gasteiger charge is 2.31. The summed E-state index contributed by atoms with van der Waals surface area (Å²) < 4.78 is 4.46. The monoisotopic (exact) mass is 376 g/mol. The average molecular weight is 376 g/mol. The van der Waals surface area contributed by atoms with E-state index in [1.165, 1.54) is 7.11 Å². The van der Waals surface area contributed by atoms with E-state index in [2.05, 4.69) is 20.7 Å². The van der Waals surface area contributed by atoms with Gasteiger partial charge in [-0.05, 0) is 12.8 Å². The molecule has 0 bridgehead atoms. The third kappa shape index (κ3) is 7.33. The van der Waals surface area contributed by atoms with E-state index >= 15 is 0 Å². The molecular formula is C15H28N4O7. The highest BCUT2D eigenvalue weighted by Crippen LogP contribution is 1.99. The van der Waals surface area contributed by atoms with Crippen LogP contribution in [0.1, 0.15) is 26.7 Å². The minimum atomic E-state index is -1.01. The molecule has 0 radical (unpaired) electrons. The largest absolute Gasteiger partial charge is 0.467 e. The minimum absolute atomic E-state index is 0.226. The molecule has 3 amide bonds. The van der Waals surface area contributed by atoms with Gasteiger partial charge in [-0.3, -0.25) is 14.4 Å². The molecule has 1 aliphatic rings. The number of carbonyl (C=O) groups excluding carboxylic acids is 4. The quantitative estimate of drug-likeness (QED) is 0.251. The fourth-order valence-corrected chi connectivity index (χ4v) is 1.92. The van der Waals surface area contributed by atoms with Gasteiger partial charge in [0.2, 0.25) is 17.7 Å². The molecule has 11 heteroatoms. The first-order valence-corrected chi connectivity index (χ1v) is 8.21. The van der Waals surface area contributed by atoms with Gasteiger partial charge >= 0.3 is 5.97 Å². The van der Waals surface area contributed by atoms with Crippen molar-refractivity contribution in [2.24, 2.45) is 5.73 Å². The second kappa shape index (κ2) is 12.2. The number of hydrogen-bond acceptors (Lipinski definition) is 8. The molecule has 0 aromatic heterocycles. The van der Waals surface area contributed by atoms with E-state index in [0.29, 0.717) is 12.8 Å². The summed E-state index contributed by atoms with van der Waals surface area (Å²) in [5.41, 5.74) is 5.25. The van der Waals surface area contributed by atoms with Crippen LogP contribution in [0.2, 0.25) is 0 Å². The van der Waals surface area contributed by atoms with E-state index in [1.807, 2.05) is 6.92 Å². The number of nitrogens with two attached hydrogens (primary N) is 1. The van der Waals surface area contributed by atoms with E-state index in [1.54, 1.807) is 6.92 Å². The molecule has 26 heavy (non-hydrogen) atoms. The van der Waals surface area contributed by atoms with Crippen LogP contribution >= 0.6 is 0 Å². The fourth-order valence-electron chi connectivity index (χ4n) is 1.92. The standard InChI is InChI=1S/C8H16N2O4.C7H12N2O3/c1-3-6(8(13)14-2)10-7(12)5(9)4-11;1-2-4-6(11)9-5(3-10)7(12)8-4/h5-6,11H,3-4,9H2,1-2H3,(H,10,12);4-5,10H,2-3H2,1H3,(H,8,12)(H,9,11)/t5-,6+;4-,5+/m01/s1. The second-order valence-electron chi connectivity index (χ2n) is 5.49. The molecule has 0 saturated carbocycles. The Morgan fingerprint density at radius 2 is 1.73 bits per heavy atom. The molecule has 1 aliphatic heterocycles. The molecule has 11 nitrogen and oxygen atoms in total. The summed E-state index contributed by atoms with van der Waals surface area (Å²) >= 11 is 0. The molecule has 0 spiro atoms. The molecule has 4 atom stereocenters. The van der Waals surface area contributed by atoms with E-state index < -0.39 is 42.7 Å². The van der Waals surface area contributed by atoms with Crippen LogP contribution in [0.15, 0.2) is 0 Å². The average Bonchev–Trinajstić information content (AvgIpc) is 2.66. The van der Waals surface area contributed by atoms with Crippen LogP contribution in [-0.4, -0.2) is 78.4 Å². The molecule has 1 rings (SSSR count). The Bertz CT molecular complexity index is 478. The molecule has 1 heterocycles. The number of esters is 1. The van der Waals surface area contributed by atoms with Crippen molar-refractivity contribution in [3.63, 3.8) is 0 Å². The normalized spacial score (nSPS) is 21.3. The van der Waals surface area contributed by atoms with Gasteiger partial charge in [0.05, 0.1) is 20.3 Å². The highest BCUT2D eigenvalue weighted by molar-refractivity contribution is 5.96. The maximum absolute atomic E-state index is 11.2. The molecule has 0 aromatic rings. The number of piperazine rings is 1. The lowest BCUT2D eigenvalue weighted by Gasteiger charge is -2.27. The van der Waals surface area contributed by atoms with Crippen molar-refractivity contribution in [2.75, 3.05) is 20.3 Å². The van der Waals surface area contributed by atoms with E-state index in [9.17, 15) is 19.2 Å². The molecular weight excluding hydrogens is 348 g/mol. The zero-order valence-corrected chi connectivity index (χ0v) is 15.2. The van der Waals surface area contributed by atoms with Crippen LogP contribution in [0, 0.1) is 0 Å². The van der Waals surface area contributed by atoms with E-state index in [4.69, 9.17) is 15.9 Å². The number of nitrogens with one attached hydrogen (secondary N) is 3. The third-order valence-corrected chi connectivity index (χ3v) is 3.60. The number of rotatable bonds is 7. The van der Waals surface area contributed by atoms with E-state index in [0.717, 1.165) is 0 Å². The third-order valence-electron chi connectivity index (χ3n) is 3.60. The summed E-state index contributed by atoms with van der Waals surface area (Å²) in [6.45, 7) is 2.73. The summed E-state index contributed by atoms with van der Waals surface area (Å²) in [4.78, 5) is 44.4. The molecule has 0 unspecified atom stereocenters. The summed E-state index contributed by atoms with van der Waals surface area (Å²) in [7, 11) is 1.24. The lowest BCUT2D eigenvalue weighted by Crippen LogP contribution is -2.62. The van der Waals surface area contributed by atoms with Crippen LogP contribution in [0.4, 0.5) is 0 Å². The zero-order valence-electron chi connectivity index (χ0n) is 15.2. The first-order chi connectivity index (χ1) is 12.2. The summed E-state index contributed by atoms with van der Waals surface area (Å²) in [6, 6.07) is -2.93. The number of hydrogen-bond donors (Lipinski definition) is 6. The van der Waals surface area contributed by atoms with Gasteiger partial charge in [0.1, 0.15) is 24.2 Å². The molecule has 7 N–H and O–H groups in total. The Kier molecular flexibility index (Phi) is 11.1. The first-order valence-electron chi connectivity index (χ1n) is 8.21. The van der Waals surface area contributed by atoms with E-state index in [-0.39, 0.29) is 18.4 Å². The molecule has 1 saturated heterocycles. The second-order valence-corrected chi connectivity index (χ2v) is 5.49. The van der Waals surface area contributed by atoms with Crippen molar-refractivity contribution in [3.8, 4) is 0 Å². The van der Waals surface area contributed by atoms with Crippen molar-refractivity contribution in [1.29, 1.82) is 0 Å². The number of amides is 3. The van der Waals surface area contributed by atoms with Crippen molar-refractivity contribution in [3.05, 3.63) is 0 Å². The van der Waals surface area contributed by atoms with Crippen LogP contribution in [0.5, 0.6) is 0 Å². The predicted octanol–water partition coefficient (Wildman–Crippen LogP) is -3.25. The van der Waals surface area contributed by atoms with Crippen molar-refractivity contribution in [1.82, 2.24) is 16.0 Å². The molecule has 1 fully saturated rings. The number of ether oxygens (including phenoxy) is 1. The topological polar surface area (TPSA) is 180 Å². The van der Waals surface area contributed by atoms with Crippen molar-refractivity contribution in [2.45, 2.75) is 50.9 Å². The minimum Gasteiger partial charge on any atom is -0.467 e. The van der Waals surface area contributed by atoms with Gasteiger partial charge in [0.25, 0.3) is 0 Å². The van der Waals surface area contributed by atoms with Crippen LogP contribution in [0.3, 0.4) is 0 Å². The summed E-state index contributed by atoms with van der Waals surface area (Å²) in [5, 5.41) is 24.5. The first kappa shape index (κ1) is 23.8. The predicted molar refractivity (Wildman–Crippen MR) is 90.5 cm³/mol. The number of methoxy groups -OCH3 is 1. The molecule has 150 valence electrons. The van der Waals surface area contributed by atoms with Crippen molar-refractivity contribution < 1.29 is 34.1 Å². The van der Waals surface area contributed by atoms with Crippen LogP contribution in [-0.2, 0) is 23.9 Å². The summed E-state index contributed by atoms with van der Waals surface area (Å²) in [6.07, 6.45) is 0.978. The van der Waals surface area contributed by atoms with Crippen LogP contribution in [0.25, 0.3) is 0 Å². The SMILES string of the molecule is CC[C@@H](NC(=O)[C@@H](N)CO)C(=O)OC.CC[C@H]1NC(=O)[C@H](CO)NC1=O. The molecule has 0 aromatic carbocycles. The smallest absolute Gasteiger partial charge is 0.328 e. The van der Waals surface area contributed by atoms with Gasteiger partial charge in [-0.1, -0.05) is 13.8 Å². The number of aliphatic hydroxyl groups is 2. The van der Waals surface area contributed by atoms with Gasteiger partial charge in [-0.25, -0.2) is 4.79 Å². The Hall–Kier alpha value is -2.24. The lowest BCUT2D eigenvalue weighted by molar-refractivity contribution is -0.145. The number of aliphatic hydroxyl groups excluding tert-OH is 2. The zero-order chi connectivity index (χ0) is 20.3. The Labute approximate surface area is 151 Å². The Morgan fingerprint density at radius 3 is 2.15 bits per heavy atom. The number of carbonyl (C=O) groups is 4. The van der Waals surface area contributed by atoms with Crippen molar-refractivity contribution >= 4 is 23.7 Å². The maximum Gasteiger partial charge on any atom is 0.328 e. The highest BCUT2D eigenvalue weighted by atomic mass is 16.5. The summed E-state index contributed by atoms with van der Waals surface area (Å²) in [5.74, 6) is -1.63. The van der Waals surface area contributed by atoms with Gasteiger partial charge in [0.15, 0.2) is 0 Å². The lowest BCUT2D eigenvalue weighted by atomic mass is 10.1.